The molecule has 0 bridgehead atoms. The van der Waals surface area contributed by atoms with Crippen LogP contribution in [0.25, 0.3) is 10.9 Å². The molecule has 4 heteroatoms. The third-order valence-corrected chi connectivity index (χ3v) is 6.53. The number of fused-ring (bicyclic) bond motifs is 1. The van der Waals surface area contributed by atoms with Gasteiger partial charge in [-0.3, -0.25) is 9.69 Å². The summed E-state index contributed by atoms with van der Waals surface area (Å²) in [6.07, 6.45) is 4.36. The van der Waals surface area contributed by atoms with E-state index in [0.29, 0.717) is 6.04 Å². The number of nitrogens with zero attached hydrogens (tertiary/aromatic N) is 3. The molecule has 1 saturated heterocycles. The molecule has 4 rings (SSSR count). The maximum absolute atomic E-state index is 12.0. The second-order valence-electron chi connectivity index (χ2n) is 8.48. The van der Waals surface area contributed by atoms with Crippen LogP contribution >= 0.6 is 0 Å². The zero-order valence-electron chi connectivity index (χ0n) is 18.3. The first-order chi connectivity index (χ1) is 14.6. The van der Waals surface area contributed by atoms with Gasteiger partial charge >= 0.3 is 0 Å². The highest BCUT2D eigenvalue weighted by atomic mass is 16.1. The number of benzene rings is 2. The van der Waals surface area contributed by atoms with E-state index in [1.54, 1.807) is 6.92 Å². The summed E-state index contributed by atoms with van der Waals surface area (Å²) < 4.78 is 2.26. The lowest BCUT2D eigenvalue weighted by molar-refractivity contribution is 0.101. The number of carbonyl (C=O) groups is 1. The molecule has 1 aliphatic heterocycles. The van der Waals surface area contributed by atoms with Crippen LogP contribution in [0.1, 0.15) is 48.7 Å². The molecule has 0 spiro atoms. The number of para-hydroxylation sites is 1. The number of piperazine rings is 1. The van der Waals surface area contributed by atoms with Crippen LogP contribution in [0, 0.1) is 0 Å². The minimum absolute atomic E-state index is 0.146. The Morgan fingerprint density at radius 2 is 1.57 bits per heavy atom. The van der Waals surface area contributed by atoms with E-state index in [-0.39, 0.29) is 5.78 Å². The van der Waals surface area contributed by atoms with E-state index in [4.69, 9.17) is 0 Å². The molecule has 1 aromatic heterocycles. The van der Waals surface area contributed by atoms with Crippen LogP contribution in [0.2, 0.25) is 0 Å². The van der Waals surface area contributed by atoms with Crippen molar-refractivity contribution in [3.05, 3.63) is 71.9 Å². The Labute approximate surface area is 180 Å². The Kier molecular flexibility index (Phi) is 6.66. The first-order valence-corrected chi connectivity index (χ1v) is 11.2. The lowest BCUT2D eigenvalue weighted by Gasteiger charge is -2.38. The molecule has 0 aliphatic carbocycles. The fourth-order valence-corrected chi connectivity index (χ4v) is 4.65. The average molecular weight is 404 g/mol. The minimum Gasteiger partial charge on any atom is -0.347 e. The third kappa shape index (κ3) is 4.66. The van der Waals surface area contributed by atoms with Gasteiger partial charge in [0.05, 0.1) is 0 Å². The molecule has 1 aliphatic rings. The highest BCUT2D eigenvalue weighted by Crippen LogP contribution is 2.23. The number of aryl methyl sites for hydroxylation is 1. The summed E-state index contributed by atoms with van der Waals surface area (Å²) in [6.45, 7) is 10.7. The van der Waals surface area contributed by atoms with Crippen molar-refractivity contribution in [3.8, 4) is 0 Å². The number of unbranched alkanes of at least 4 members (excludes halogenated alkanes) is 1. The smallest absolute Gasteiger partial charge is 0.161 e. The summed E-state index contributed by atoms with van der Waals surface area (Å²) in [6, 6.07) is 19.6. The molecule has 30 heavy (non-hydrogen) atoms. The Morgan fingerprint density at radius 1 is 0.900 bits per heavy atom. The molecular formula is C26H33N3O. The largest absolute Gasteiger partial charge is 0.347 e. The van der Waals surface area contributed by atoms with E-state index in [0.717, 1.165) is 56.6 Å². The molecule has 1 atom stereocenters. The van der Waals surface area contributed by atoms with Crippen molar-refractivity contribution in [2.75, 3.05) is 32.7 Å². The molecule has 1 unspecified atom stereocenters. The van der Waals surface area contributed by atoms with Crippen LogP contribution in [-0.4, -0.2) is 52.9 Å². The van der Waals surface area contributed by atoms with Gasteiger partial charge in [-0.05, 0) is 44.9 Å². The number of hydrogen-bond acceptors (Lipinski definition) is 3. The summed E-state index contributed by atoms with van der Waals surface area (Å²) in [5.41, 5.74) is 3.43. The van der Waals surface area contributed by atoms with Gasteiger partial charge in [0.15, 0.2) is 5.78 Å². The number of carbonyl (C=O) groups excluding carboxylic acids is 1. The molecule has 158 valence electrons. The SMILES string of the molecule is CC(=O)c1cn(CCCCN2CCN(C(C)c3ccccc3)CC2)c2ccccc12. The molecule has 0 radical (unpaired) electrons. The van der Waals surface area contributed by atoms with Crippen molar-refractivity contribution in [1.82, 2.24) is 14.4 Å². The molecule has 2 aromatic carbocycles. The number of aromatic nitrogens is 1. The Balaban J connectivity index is 1.24. The van der Waals surface area contributed by atoms with Crippen LogP contribution in [0.3, 0.4) is 0 Å². The number of rotatable bonds is 8. The minimum atomic E-state index is 0.146. The molecule has 0 N–H and O–H groups in total. The Hall–Kier alpha value is -2.43. The van der Waals surface area contributed by atoms with E-state index in [1.165, 1.54) is 17.5 Å². The highest BCUT2D eigenvalue weighted by Gasteiger charge is 2.21. The fraction of sp³-hybridized carbons (Fsp3) is 0.423. The summed E-state index contributed by atoms with van der Waals surface area (Å²) in [5.74, 6) is 0.146. The van der Waals surface area contributed by atoms with Crippen molar-refractivity contribution in [2.24, 2.45) is 0 Å². The van der Waals surface area contributed by atoms with Crippen LogP contribution in [0.5, 0.6) is 0 Å². The molecule has 0 amide bonds. The van der Waals surface area contributed by atoms with Crippen molar-refractivity contribution < 1.29 is 4.79 Å². The number of Topliss-reactive ketones (excluding diaryl/α,β-unsaturated/α-hetero) is 1. The van der Waals surface area contributed by atoms with Gasteiger partial charge in [0.1, 0.15) is 0 Å². The predicted octanol–water partition coefficient (Wildman–Crippen LogP) is 5.00. The van der Waals surface area contributed by atoms with E-state index in [2.05, 4.69) is 69.8 Å². The fourth-order valence-electron chi connectivity index (χ4n) is 4.65. The normalized spacial score (nSPS) is 16.7. The van der Waals surface area contributed by atoms with Crippen LogP contribution < -0.4 is 0 Å². The topological polar surface area (TPSA) is 28.5 Å². The van der Waals surface area contributed by atoms with Crippen molar-refractivity contribution in [2.45, 2.75) is 39.3 Å². The van der Waals surface area contributed by atoms with Crippen LogP contribution in [0.15, 0.2) is 60.8 Å². The van der Waals surface area contributed by atoms with Crippen LogP contribution in [-0.2, 0) is 6.54 Å². The zero-order valence-corrected chi connectivity index (χ0v) is 18.3. The monoisotopic (exact) mass is 403 g/mol. The number of ketones is 1. The van der Waals surface area contributed by atoms with Crippen LogP contribution in [0.4, 0.5) is 0 Å². The Morgan fingerprint density at radius 3 is 2.30 bits per heavy atom. The molecular weight excluding hydrogens is 370 g/mol. The maximum Gasteiger partial charge on any atom is 0.161 e. The second kappa shape index (κ2) is 9.59. The molecule has 0 saturated carbocycles. The lowest BCUT2D eigenvalue weighted by atomic mass is 10.1. The summed E-state index contributed by atoms with van der Waals surface area (Å²) in [4.78, 5) is 17.1. The van der Waals surface area contributed by atoms with Gasteiger partial charge in [-0.25, -0.2) is 0 Å². The molecule has 2 heterocycles. The lowest BCUT2D eigenvalue weighted by Crippen LogP contribution is -2.47. The second-order valence-corrected chi connectivity index (χ2v) is 8.48. The Bertz CT molecular complexity index is 970. The van der Waals surface area contributed by atoms with E-state index < -0.39 is 0 Å². The van der Waals surface area contributed by atoms with Gasteiger partial charge < -0.3 is 9.47 Å². The van der Waals surface area contributed by atoms with E-state index in [1.807, 2.05) is 12.3 Å². The summed E-state index contributed by atoms with van der Waals surface area (Å²) in [7, 11) is 0. The molecule has 3 aromatic rings. The summed E-state index contributed by atoms with van der Waals surface area (Å²) in [5, 5.41) is 1.08. The predicted molar refractivity (Wildman–Crippen MR) is 124 cm³/mol. The van der Waals surface area contributed by atoms with E-state index in [9.17, 15) is 4.79 Å². The highest BCUT2D eigenvalue weighted by molar-refractivity contribution is 6.06. The van der Waals surface area contributed by atoms with Crippen molar-refractivity contribution in [1.29, 1.82) is 0 Å². The quantitative estimate of drug-likeness (QED) is 0.391. The first kappa shape index (κ1) is 20.8. The van der Waals surface area contributed by atoms with Gasteiger partial charge in [0, 0.05) is 61.4 Å². The van der Waals surface area contributed by atoms with Gasteiger partial charge in [-0.15, -0.1) is 0 Å². The van der Waals surface area contributed by atoms with Gasteiger partial charge in [0.2, 0.25) is 0 Å². The zero-order chi connectivity index (χ0) is 20.9. The maximum atomic E-state index is 12.0. The number of hydrogen-bond donors (Lipinski definition) is 0. The molecule has 1 fully saturated rings. The van der Waals surface area contributed by atoms with E-state index >= 15 is 0 Å². The summed E-state index contributed by atoms with van der Waals surface area (Å²) >= 11 is 0. The van der Waals surface area contributed by atoms with Crippen molar-refractivity contribution in [3.63, 3.8) is 0 Å². The molecule has 4 nitrogen and oxygen atoms in total. The van der Waals surface area contributed by atoms with Gasteiger partial charge in [-0.1, -0.05) is 48.5 Å². The average Bonchev–Trinajstić information content (AvgIpc) is 3.16. The van der Waals surface area contributed by atoms with Gasteiger partial charge in [-0.2, -0.15) is 0 Å². The first-order valence-electron chi connectivity index (χ1n) is 11.2. The third-order valence-electron chi connectivity index (χ3n) is 6.53. The standard InChI is InChI=1S/C26H33N3O/c1-21(23-10-4-3-5-11-23)28-18-16-27(17-19-28)14-8-9-15-29-20-25(22(2)30)24-12-6-7-13-26(24)29/h3-7,10-13,20-21H,8-9,14-19H2,1-2H3. The van der Waals surface area contributed by atoms with Gasteiger partial charge in [0.25, 0.3) is 0 Å². The van der Waals surface area contributed by atoms with Crippen molar-refractivity contribution >= 4 is 16.7 Å².